The SMILES string of the molecule is CCSc1nnc(NC(=O)[C@H]2Cc3ccc(C)cc3C(=O)O2)s1. The lowest BCUT2D eigenvalue weighted by Gasteiger charge is -2.23. The van der Waals surface area contributed by atoms with E-state index in [9.17, 15) is 9.59 Å². The molecule has 3 rings (SSSR count). The Morgan fingerprint density at radius 1 is 1.48 bits per heavy atom. The summed E-state index contributed by atoms with van der Waals surface area (Å²) in [4.78, 5) is 24.4. The van der Waals surface area contributed by atoms with Gasteiger partial charge in [0, 0.05) is 6.42 Å². The zero-order valence-corrected chi connectivity index (χ0v) is 14.3. The highest BCUT2D eigenvalue weighted by Crippen LogP contribution is 2.26. The number of thioether (sulfide) groups is 1. The molecular formula is C15H15N3O3S2. The van der Waals surface area contributed by atoms with E-state index in [0.717, 1.165) is 21.2 Å². The summed E-state index contributed by atoms with van der Waals surface area (Å²) in [7, 11) is 0. The minimum atomic E-state index is -0.844. The second-order valence-corrected chi connectivity index (χ2v) is 7.54. The first-order valence-electron chi connectivity index (χ1n) is 7.14. The molecule has 1 aromatic heterocycles. The number of rotatable bonds is 4. The predicted octanol–water partition coefficient (Wildman–Crippen LogP) is 2.68. The van der Waals surface area contributed by atoms with Crippen LogP contribution in [0.1, 0.15) is 28.4 Å². The molecule has 1 amide bonds. The number of ether oxygens (including phenoxy) is 1. The molecule has 0 spiro atoms. The van der Waals surface area contributed by atoms with E-state index >= 15 is 0 Å². The van der Waals surface area contributed by atoms with Gasteiger partial charge in [-0.3, -0.25) is 10.1 Å². The molecule has 2 heterocycles. The first-order chi connectivity index (χ1) is 11.1. The molecular weight excluding hydrogens is 334 g/mol. The van der Waals surface area contributed by atoms with Crippen molar-refractivity contribution < 1.29 is 14.3 Å². The third-order valence-electron chi connectivity index (χ3n) is 3.34. The molecule has 120 valence electrons. The lowest BCUT2D eigenvalue weighted by molar-refractivity contribution is -0.125. The standard InChI is InChI=1S/C15H15N3O3S2/c1-3-22-15-18-17-14(23-15)16-12(19)11-7-9-5-4-8(2)6-10(9)13(20)21-11/h4-6,11H,3,7H2,1-2H3,(H,16,17,19)/t11-/m1/s1. The van der Waals surface area contributed by atoms with Crippen molar-refractivity contribution in [3.05, 3.63) is 34.9 Å². The van der Waals surface area contributed by atoms with Gasteiger partial charge in [0.2, 0.25) is 5.13 Å². The van der Waals surface area contributed by atoms with Crippen LogP contribution in [0.4, 0.5) is 5.13 Å². The van der Waals surface area contributed by atoms with E-state index in [1.54, 1.807) is 17.8 Å². The van der Waals surface area contributed by atoms with E-state index in [1.807, 2.05) is 26.0 Å². The quantitative estimate of drug-likeness (QED) is 0.519. The van der Waals surface area contributed by atoms with E-state index in [0.29, 0.717) is 17.1 Å². The molecule has 0 fully saturated rings. The summed E-state index contributed by atoms with van der Waals surface area (Å²) in [6.45, 7) is 3.93. The molecule has 1 N–H and O–H groups in total. The van der Waals surface area contributed by atoms with Gasteiger partial charge in [-0.2, -0.15) is 0 Å². The van der Waals surface area contributed by atoms with Crippen LogP contribution in [0.15, 0.2) is 22.5 Å². The number of hydrogen-bond acceptors (Lipinski definition) is 7. The van der Waals surface area contributed by atoms with Crippen molar-refractivity contribution in [3.63, 3.8) is 0 Å². The number of hydrogen-bond donors (Lipinski definition) is 1. The zero-order chi connectivity index (χ0) is 16.4. The van der Waals surface area contributed by atoms with Gasteiger partial charge >= 0.3 is 5.97 Å². The maximum absolute atomic E-state index is 12.3. The number of nitrogens with zero attached hydrogens (tertiary/aromatic N) is 2. The van der Waals surface area contributed by atoms with Crippen LogP contribution < -0.4 is 5.32 Å². The molecule has 0 radical (unpaired) electrons. The maximum Gasteiger partial charge on any atom is 0.339 e. The molecule has 6 nitrogen and oxygen atoms in total. The highest BCUT2D eigenvalue weighted by atomic mass is 32.2. The first-order valence-corrected chi connectivity index (χ1v) is 8.94. The normalized spacial score (nSPS) is 16.6. The van der Waals surface area contributed by atoms with Crippen molar-refractivity contribution in [2.75, 3.05) is 11.1 Å². The minimum Gasteiger partial charge on any atom is -0.448 e. The highest BCUT2D eigenvalue weighted by molar-refractivity contribution is 8.01. The molecule has 1 aromatic carbocycles. The Bertz CT molecular complexity index is 760. The molecule has 0 saturated heterocycles. The average Bonchev–Trinajstić information content (AvgIpc) is 2.95. The number of carbonyl (C=O) groups is 2. The summed E-state index contributed by atoms with van der Waals surface area (Å²) in [5, 5.41) is 11.0. The molecule has 1 aliphatic rings. The van der Waals surface area contributed by atoms with Crippen molar-refractivity contribution >= 4 is 40.1 Å². The van der Waals surface area contributed by atoms with Gasteiger partial charge < -0.3 is 4.74 Å². The molecule has 0 aliphatic carbocycles. The van der Waals surface area contributed by atoms with Gasteiger partial charge in [0.1, 0.15) is 0 Å². The van der Waals surface area contributed by atoms with Crippen LogP contribution in [0, 0.1) is 6.92 Å². The van der Waals surface area contributed by atoms with Crippen LogP contribution in [0.2, 0.25) is 0 Å². The fraction of sp³-hybridized carbons (Fsp3) is 0.333. The van der Waals surface area contributed by atoms with Crippen LogP contribution >= 0.6 is 23.1 Å². The lowest BCUT2D eigenvalue weighted by Crippen LogP contribution is -2.38. The monoisotopic (exact) mass is 349 g/mol. The number of anilines is 1. The third-order valence-corrected chi connectivity index (χ3v) is 5.19. The number of benzene rings is 1. The Morgan fingerprint density at radius 3 is 3.09 bits per heavy atom. The highest BCUT2D eigenvalue weighted by Gasteiger charge is 2.31. The summed E-state index contributed by atoms with van der Waals surface area (Å²) < 4.78 is 6.05. The minimum absolute atomic E-state index is 0.364. The van der Waals surface area contributed by atoms with Gasteiger partial charge in [0.25, 0.3) is 5.91 Å². The van der Waals surface area contributed by atoms with E-state index in [2.05, 4.69) is 15.5 Å². The Kier molecular flexibility index (Phi) is 4.63. The Labute approximate surface area is 141 Å². The molecule has 0 saturated carbocycles. The molecule has 2 aromatic rings. The van der Waals surface area contributed by atoms with Gasteiger partial charge in [-0.05, 0) is 24.3 Å². The summed E-state index contributed by atoms with van der Waals surface area (Å²) in [6.07, 6.45) is -0.480. The molecule has 1 aliphatic heterocycles. The summed E-state index contributed by atoms with van der Waals surface area (Å²) >= 11 is 2.87. The van der Waals surface area contributed by atoms with Crippen LogP contribution in [0.5, 0.6) is 0 Å². The van der Waals surface area contributed by atoms with Gasteiger partial charge in [-0.15, -0.1) is 10.2 Å². The smallest absolute Gasteiger partial charge is 0.339 e. The third kappa shape index (κ3) is 3.53. The Morgan fingerprint density at radius 2 is 2.30 bits per heavy atom. The van der Waals surface area contributed by atoms with E-state index in [-0.39, 0.29) is 5.91 Å². The van der Waals surface area contributed by atoms with Gasteiger partial charge in [0.15, 0.2) is 10.4 Å². The number of cyclic esters (lactones) is 1. The fourth-order valence-electron chi connectivity index (χ4n) is 2.27. The summed E-state index contributed by atoms with van der Waals surface area (Å²) in [5.74, 6) is 0.0438. The number of aryl methyl sites for hydroxylation is 1. The van der Waals surface area contributed by atoms with Crippen LogP contribution in [0.25, 0.3) is 0 Å². The summed E-state index contributed by atoms with van der Waals surface area (Å²) in [6, 6.07) is 5.57. The fourth-order valence-corrected chi connectivity index (χ4v) is 3.92. The zero-order valence-electron chi connectivity index (χ0n) is 12.7. The van der Waals surface area contributed by atoms with E-state index in [4.69, 9.17) is 4.74 Å². The van der Waals surface area contributed by atoms with E-state index < -0.39 is 12.1 Å². The first kappa shape index (κ1) is 15.9. The topological polar surface area (TPSA) is 81.2 Å². The van der Waals surface area contributed by atoms with Gasteiger partial charge in [-0.1, -0.05) is 47.7 Å². The number of fused-ring (bicyclic) bond motifs is 1. The van der Waals surface area contributed by atoms with Crippen molar-refractivity contribution in [2.24, 2.45) is 0 Å². The number of esters is 1. The molecule has 0 unspecified atom stereocenters. The molecule has 0 bridgehead atoms. The van der Waals surface area contributed by atoms with Crippen molar-refractivity contribution in [3.8, 4) is 0 Å². The Hall–Kier alpha value is -1.93. The van der Waals surface area contributed by atoms with Crippen LogP contribution in [0.3, 0.4) is 0 Å². The number of aromatic nitrogens is 2. The molecule has 23 heavy (non-hydrogen) atoms. The summed E-state index contributed by atoms with van der Waals surface area (Å²) in [5.41, 5.74) is 2.34. The number of amides is 1. The molecule has 8 heteroatoms. The van der Waals surface area contributed by atoms with Crippen LogP contribution in [-0.2, 0) is 16.0 Å². The largest absolute Gasteiger partial charge is 0.448 e. The van der Waals surface area contributed by atoms with Crippen molar-refractivity contribution in [1.29, 1.82) is 0 Å². The van der Waals surface area contributed by atoms with Crippen LogP contribution in [-0.4, -0.2) is 33.9 Å². The second kappa shape index (κ2) is 6.67. The maximum atomic E-state index is 12.3. The number of carbonyl (C=O) groups excluding carboxylic acids is 2. The predicted molar refractivity (Wildman–Crippen MR) is 89.0 cm³/mol. The second-order valence-electron chi connectivity index (χ2n) is 5.05. The van der Waals surface area contributed by atoms with Gasteiger partial charge in [-0.25, -0.2) is 4.79 Å². The van der Waals surface area contributed by atoms with Gasteiger partial charge in [0.05, 0.1) is 5.56 Å². The average molecular weight is 349 g/mol. The molecule has 1 atom stereocenters. The van der Waals surface area contributed by atoms with E-state index in [1.165, 1.54) is 11.3 Å². The number of nitrogens with one attached hydrogen (secondary N) is 1. The van der Waals surface area contributed by atoms with Crippen molar-refractivity contribution in [2.45, 2.75) is 30.7 Å². The lowest BCUT2D eigenvalue weighted by atomic mass is 9.96. The Balaban J connectivity index is 1.71. The van der Waals surface area contributed by atoms with Crippen molar-refractivity contribution in [1.82, 2.24) is 10.2 Å².